The summed E-state index contributed by atoms with van der Waals surface area (Å²) in [4.78, 5) is 12.8. The molecule has 82 valence electrons. The largest absolute Gasteiger partial charge is 0.481 e. The zero-order chi connectivity index (χ0) is 11.0. The van der Waals surface area contributed by atoms with Crippen molar-refractivity contribution in [3.05, 3.63) is 12.7 Å². The number of rotatable bonds is 8. The number of allylic oxidation sites excluding steroid dienone is 1. The topological polar surface area (TPSA) is 40.5 Å². The van der Waals surface area contributed by atoms with E-state index in [1.54, 1.807) is 6.92 Å². The van der Waals surface area contributed by atoms with Gasteiger partial charge in [0.2, 0.25) is 0 Å². The molecule has 0 rings (SSSR count). The number of carboxylic acids is 1. The molecule has 0 aromatic rings. The van der Waals surface area contributed by atoms with Gasteiger partial charge < -0.3 is 10.0 Å². The number of nitrogens with zero attached hydrogens (tertiary/aromatic N) is 1. The second kappa shape index (κ2) is 7.56. The highest BCUT2D eigenvalue weighted by Gasteiger charge is 2.14. The summed E-state index contributed by atoms with van der Waals surface area (Å²) in [6.07, 6.45) is 3.95. The van der Waals surface area contributed by atoms with Crippen molar-refractivity contribution in [3.8, 4) is 0 Å². The second-order valence-corrected chi connectivity index (χ2v) is 3.56. The molecule has 1 atom stereocenters. The SMILES string of the molecule is C=CCCCN(CC)CC(C)C(=O)O. The maximum Gasteiger partial charge on any atom is 0.307 e. The Morgan fingerprint density at radius 3 is 2.71 bits per heavy atom. The van der Waals surface area contributed by atoms with Crippen LogP contribution in [-0.2, 0) is 4.79 Å². The minimum absolute atomic E-state index is 0.279. The molecule has 0 amide bonds. The van der Waals surface area contributed by atoms with Crippen molar-refractivity contribution in [2.24, 2.45) is 5.92 Å². The Bertz CT molecular complexity index is 180. The van der Waals surface area contributed by atoms with Crippen LogP contribution in [0.5, 0.6) is 0 Å². The van der Waals surface area contributed by atoms with Crippen molar-refractivity contribution in [3.63, 3.8) is 0 Å². The van der Waals surface area contributed by atoms with Crippen LogP contribution < -0.4 is 0 Å². The lowest BCUT2D eigenvalue weighted by Crippen LogP contribution is -2.32. The second-order valence-electron chi connectivity index (χ2n) is 3.56. The van der Waals surface area contributed by atoms with Crippen molar-refractivity contribution in [2.45, 2.75) is 26.7 Å². The fourth-order valence-corrected chi connectivity index (χ4v) is 1.30. The van der Waals surface area contributed by atoms with E-state index in [9.17, 15) is 4.79 Å². The van der Waals surface area contributed by atoms with Gasteiger partial charge >= 0.3 is 5.97 Å². The highest BCUT2D eigenvalue weighted by Crippen LogP contribution is 2.02. The summed E-state index contributed by atoms with van der Waals surface area (Å²) in [5.41, 5.74) is 0. The van der Waals surface area contributed by atoms with Crippen molar-refractivity contribution in [2.75, 3.05) is 19.6 Å². The molecular weight excluding hydrogens is 178 g/mol. The third-order valence-electron chi connectivity index (χ3n) is 2.28. The molecule has 0 saturated carbocycles. The van der Waals surface area contributed by atoms with E-state index in [1.807, 2.05) is 6.08 Å². The van der Waals surface area contributed by atoms with Gasteiger partial charge in [-0.25, -0.2) is 0 Å². The maximum atomic E-state index is 10.6. The molecule has 0 aliphatic heterocycles. The molecule has 0 spiro atoms. The average molecular weight is 199 g/mol. The summed E-state index contributed by atoms with van der Waals surface area (Å²) in [6, 6.07) is 0. The predicted molar refractivity (Wildman–Crippen MR) is 58.3 cm³/mol. The molecule has 0 aromatic heterocycles. The van der Waals surface area contributed by atoms with Crippen LogP contribution in [0.4, 0.5) is 0 Å². The fourth-order valence-electron chi connectivity index (χ4n) is 1.30. The molecule has 3 heteroatoms. The lowest BCUT2D eigenvalue weighted by Gasteiger charge is -2.21. The molecule has 0 aliphatic carbocycles. The smallest absolute Gasteiger partial charge is 0.307 e. The lowest BCUT2D eigenvalue weighted by molar-refractivity contribution is -0.141. The van der Waals surface area contributed by atoms with E-state index >= 15 is 0 Å². The number of carbonyl (C=O) groups is 1. The average Bonchev–Trinajstić information content (AvgIpc) is 2.16. The van der Waals surface area contributed by atoms with E-state index in [0.717, 1.165) is 25.9 Å². The van der Waals surface area contributed by atoms with Crippen LogP contribution in [-0.4, -0.2) is 35.6 Å². The molecule has 0 heterocycles. The van der Waals surface area contributed by atoms with Crippen molar-refractivity contribution in [1.82, 2.24) is 4.90 Å². The van der Waals surface area contributed by atoms with Gasteiger partial charge in [0.05, 0.1) is 5.92 Å². The van der Waals surface area contributed by atoms with Crippen LogP contribution in [0.2, 0.25) is 0 Å². The molecule has 0 radical (unpaired) electrons. The quantitative estimate of drug-likeness (QED) is 0.480. The first kappa shape index (κ1) is 13.2. The van der Waals surface area contributed by atoms with E-state index < -0.39 is 5.97 Å². The van der Waals surface area contributed by atoms with Crippen LogP contribution in [0.1, 0.15) is 26.7 Å². The van der Waals surface area contributed by atoms with Gasteiger partial charge in [0.15, 0.2) is 0 Å². The van der Waals surface area contributed by atoms with Gasteiger partial charge in [-0.1, -0.05) is 19.9 Å². The molecule has 0 bridgehead atoms. The lowest BCUT2D eigenvalue weighted by atomic mass is 10.1. The molecule has 0 aliphatic rings. The summed E-state index contributed by atoms with van der Waals surface area (Å²) in [5.74, 6) is -0.995. The van der Waals surface area contributed by atoms with E-state index in [1.165, 1.54) is 0 Å². The van der Waals surface area contributed by atoms with Crippen molar-refractivity contribution >= 4 is 5.97 Å². The fraction of sp³-hybridized carbons (Fsp3) is 0.727. The Kier molecular flexibility index (Phi) is 7.11. The molecule has 0 aromatic carbocycles. The zero-order valence-corrected chi connectivity index (χ0v) is 9.20. The van der Waals surface area contributed by atoms with Crippen LogP contribution in [0.3, 0.4) is 0 Å². The van der Waals surface area contributed by atoms with Gasteiger partial charge in [-0.05, 0) is 25.9 Å². The van der Waals surface area contributed by atoms with E-state index in [-0.39, 0.29) is 5.92 Å². The number of hydrogen-bond acceptors (Lipinski definition) is 2. The Labute approximate surface area is 86.4 Å². The Balaban J connectivity index is 3.77. The molecule has 3 nitrogen and oxygen atoms in total. The first-order chi connectivity index (χ1) is 6.61. The van der Waals surface area contributed by atoms with Crippen LogP contribution in [0.15, 0.2) is 12.7 Å². The van der Waals surface area contributed by atoms with Gasteiger partial charge in [0.25, 0.3) is 0 Å². The van der Waals surface area contributed by atoms with Crippen LogP contribution in [0, 0.1) is 5.92 Å². The Morgan fingerprint density at radius 2 is 2.29 bits per heavy atom. The molecule has 1 unspecified atom stereocenters. The molecule has 14 heavy (non-hydrogen) atoms. The summed E-state index contributed by atoms with van der Waals surface area (Å²) < 4.78 is 0. The minimum Gasteiger partial charge on any atom is -0.481 e. The number of carboxylic acid groups (broad SMARTS) is 1. The normalized spacial score (nSPS) is 12.8. The number of hydrogen-bond donors (Lipinski definition) is 1. The summed E-state index contributed by atoms with van der Waals surface area (Å²) in [7, 11) is 0. The molecular formula is C11H21NO2. The van der Waals surface area contributed by atoms with E-state index in [0.29, 0.717) is 6.54 Å². The summed E-state index contributed by atoms with van der Waals surface area (Å²) in [6.45, 7) is 9.98. The van der Waals surface area contributed by atoms with Gasteiger partial charge in [-0.3, -0.25) is 4.79 Å². The van der Waals surface area contributed by atoms with Gasteiger partial charge in [-0.15, -0.1) is 6.58 Å². The highest BCUT2D eigenvalue weighted by atomic mass is 16.4. The number of aliphatic carboxylic acids is 1. The number of unbranched alkanes of at least 4 members (excludes halogenated alkanes) is 1. The summed E-state index contributed by atoms with van der Waals surface area (Å²) >= 11 is 0. The predicted octanol–water partition coefficient (Wildman–Crippen LogP) is 2.00. The Morgan fingerprint density at radius 1 is 1.64 bits per heavy atom. The van der Waals surface area contributed by atoms with Gasteiger partial charge in [0, 0.05) is 6.54 Å². The van der Waals surface area contributed by atoms with Gasteiger partial charge in [-0.2, -0.15) is 0 Å². The van der Waals surface area contributed by atoms with Crippen molar-refractivity contribution in [1.29, 1.82) is 0 Å². The van der Waals surface area contributed by atoms with Crippen LogP contribution in [0.25, 0.3) is 0 Å². The van der Waals surface area contributed by atoms with E-state index in [4.69, 9.17) is 5.11 Å². The van der Waals surface area contributed by atoms with Crippen molar-refractivity contribution < 1.29 is 9.90 Å². The molecule has 0 saturated heterocycles. The monoisotopic (exact) mass is 199 g/mol. The standard InChI is InChI=1S/C11H21NO2/c1-4-6-7-8-12(5-2)9-10(3)11(13)14/h4,10H,1,5-9H2,2-3H3,(H,13,14). The summed E-state index contributed by atoms with van der Waals surface area (Å²) in [5, 5.41) is 8.76. The van der Waals surface area contributed by atoms with E-state index in [2.05, 4.69) is 18.4 Å². The first-order valence-electron chi connectivity index (χ1n) is 5.17. The first-order valence-corrected chi connectivity index (χ1v) is 5.17. The van der Waals surface area contributed by atoms with Gasteiger partial charge in [0.1, 0.15) is 0 Å². The Hall–Kier alpha value is -0.830. The zero-order valence-electron chi connectivity index (χ0n) is 9.20. The third kappa shape index (κ3) is 5.75. The maximum absolute atomic E-state index is 10.6. The molecule has 0 fully saturated rings. The third-order valence-corrected chi connectivity index (χ3v) is 2.28. The minimum atomic E-state index is -0.716. The molecule has 1 N–H and O–H groups in total. The highest BCUT2D eigenvalue weighted by molar-refractivity contribution is 5.69. The van der Waals surface area contributed by atoms with Crippen LogP contribution >= 0.6 is 0 Å².